The van der Waals surface area contributed by atoms with Gasteiger partial charge in [-0.2, -0.15) is 0 Å². The van der Waals surface area contributed by atoms with Crippen LogP contribution in [0.15, 0.2) is 66.7 Å². The van der Waals surface area contributed by atoms with Crippen LogP contribution in [0.2, 0.25) is 0 Å². The Morgan fingerprint density at radius 1 is 1.00 bits per heavy atom. The number of carbonyl (C=O) groups excluding carboxylic acids is 1. The van der Waals surface area contributed by atoms with Crippen molar-refractivity contribution in [1.82, 2.24) is 10.2 Å². The number of ether oxygens (including phenoxy) is 1. The third kappa shape index (κ3) is 3.61. The number of likely N-dealkylation sites (tertiary alicyclic amines) is 1. The Kier molecular flexibility index (Phi) is 4.83. The second-order valence-electron chi connectivity index (χ2n) is 8.51. The SMILES string of the molecule is CN1CCC2(CC1)CC(NC(=O)Nc1cccc3ccccc13)c1ccccc1O2. The fraction of sp³-hybridized carbons (Fsp3) is 0.320. The highest BCUT2D eigenvalue weighted by atomic mass is 16.5. The first-order valence-corrected chi connectivity index (χ1v) is 10.6. The lowest BCUT2D eigenvalue weighted by atomic mass is 9.80. The van der Waals surface area contributed by atoms with Gasteiger partial charge < -0.3 is 20.3 Å². The van der Waals surface area contributed by atoms with Crippen LogP contribution in [0.3, 0.4) is 0 Å². The minimum absolute atomic E-state index is 0.0756. The molecule has 2 N–H and O–H groups in total. The molecule has 5 nitrogen and oxygen atoms in total. The molecule has 5 heteroatoms. The number of hydrogen-bond donors (Lipinski definition) is 2. The topological polar surface area (TPSA) is 53.6 Å². The highest BCUT2D eigenvalue weighted by Crippen LogP contribution is 2.44. The molecule has 0 saturated carbocycles. The molecule has 0 radical (unpaired) electrons. The molecule has 0 aromatic heterocycles. The van der Waals surface area contributed by atoms with Crippen LogP contribution in [0.25, 0.3) is 10.8 Å². The van der Waals surface area contributed by atoms with Crippen LogP contribution in [-0.4, -0.2) is 36.7 Å². The number of nitrogens with one attached hydrogen (secondary N) is 2. The normalized spacial score (nSPS) is 20.4. The van der Waals surface area contributed by atoms with Gasteiger partial charge in [-0.25, -0.2) is 4.79 Å². The molecule has 0 bridgehead atoms. The largest absolute Gasteiger partial charge is 0.487 e. The number of hydrogen-bond acceptors (Lipinski definition) is 3. The number of para-hydroxylation sites is 1. The average molecular weight is 402 g/mol. The van der Waals surface area contributed by atoms with Gasteiger partial charge in [0.2, 0.25) is 0 Å². The van der Waals surface area contributed by atoms with E-state index in [0.29, 0.717) is 0 Å². The lowest BCUT2D eigenvalue weighted by Gasteiger charge is -2.46. The highest BCUT2D eigenvalue weighted by Gasteiger charge is 2.43. The van der Waals surface area contributed by atoms with Gasteiger partial charge in [0, 0.05) is 30.5 Å². The average Bonchev–Trinajstić information content (AvgIpc) is 2.76. The summed E-state index contributed by atoms with van der Waals surface area (Å²) < 4.78 is 6.50. The fourth-order valence-corrected chi connectivity index (χ4v) is 4.73. The van der Waals surface area contributed by atoms with E-state index in [9.17, 15) is 4.79 Å². The van der Waals surface area contributed by atoms with E-state index in [4.69, 9.17) is 4.74 Å². The van der Waals surface area contributed by atoms with Gasteiger partial charge >= 0.3 is 6.03 Å². The number of amides is 2. The van der Waals surface area contributed by atoms with Crippen molar-refractivity contribution in [2.45, 2.75) is 30.9 Å². The fourth-order valence-electron chi connectivity index (χ4n) is 4.73. The van der Waals surface area contributed by atoms with E-state index in [1.807, 2.05) is 48.5 Å². The molecule has 1 atom stereocenters. The first kappa shape index (κ1) is 18.9. The van der Waals surface area contributed by atoms with Crippen LogP contribution in [0.5, 0.6) is 5.75 Å². The number of nitrogens with zero attached hydrogens (tertiary/aromatic N) is 1. The quantitative estimate of drug-likeness (QED) is 0.639. The van der Waals surface area contributed by atoms with Crippen molar-refractivity contribution in [3.63, 3.8) is 0 Å². The lowest BCUT2D eigenvalue weighted by Crippen LogP contribution is -2.51. The first-order chi connectivity index (χ1) is 14.6. The van der Waals surface area contributed by atoms with Gasteiger partial charge in [-0.3, -0.25) is 0 Å². The summed E-state index contributed by atoms with van der Waals surface area (Å²) in [5, 5.41) is 8.43. The molecule has 2 aliphatic heterocycles. The van der Waals surface area contributed by atoms with Gasteiger partial charge in [-0.1, -0.05) is 54.6 Å². The van der Waals surface area contributed by atoms with Crippen molar-refractivity contribution in [3.8, 4) is 5.75 Å². The molecule has 1 spiro atoms. The molecular weight excluding hydrogens is 374 g/mol. The number of anilines is 1. The zero-order valence-electron chi connectivity index (χ0n) is 17.2. The van der Waals surface area contributed by atoms with E-state index < -0.39 is 0 Å². The van der Waals surface area contributed by atoms with Crippen molar-refractivity contribution >= 4 is 22.5 Å². The summed E-state index contributed by atoms with van der Waals surface area (Å²) in [6.07, 6.45) is 2.74. The predicted octanol–water partition coefficient (Wildman–Crippen LogP) is 4.95. The molecule has 154 valence electrons. The first-order valence-electron chi connectivity index (χ1n) is 10.6. The Bertz CT molecular complexity index is 1070. The van der Waals surface area contributed by atoms with Crippen LogP contribution in [-0.2, 0) is 0 Å². The van der Waals surface area contributed by atoms with Crippen molar-refractivity contribution in [2.24, 2.45) is 0 Å². The van der Waals surface area contributed by atoms with Crippen molar-refractivity contribution in [3.05, 3.63) is 72.3 Å². The zero-order valence-corrected chi connectivity index (χ0v) is 17.2. The Labute approximate surface area is 177 Å². The second kappa shape index (κ2) is 7.65. The van der Waals surface area contributed by atoms with Crippen molar-refractivity contribution < 1.29 is 9.53 Å². The Morgan fingerprint density at radius 2 is 1.73 bits per heavy atom. The van der Waals surface area contributed by atoms with Crippen molar-refractivity contribution in [1.29, 1.82) is 0 Å². The number of carbonyl (C=O) groups is 1. The van der Waals surface area contributed by atoms with E-state index in [1.165, 1.54) is 0 Å². The van der Waals surface area contributed by atoms with Crippen LogP contribution < -0.4 is 15.4 Å². The number of benzene rings is 3. The molecule has 1 saturated heterocycles. The molecule has 1 fully saturated rings. The summed E-state index contributed by atoms with van der Waals surface area (Å²) in [5.74, 6) is 0.892. The zero-order chi connectivity index (χ0) is 20.6. The molecule has 2 amide bonds. The minimum atomic E-state index is -0.210. The van der Waals surface area contributed by atoms with Crippen molar-refractivity contribution in [2.75, 3.05) is 25.5 Å². The summed E-state index contributed by atoms with van der Waals surface area (Å²) >= 11 is 0. The summed E-state index contributed by atoms with van der Waals surface area (Å²) in [4.78, 5) is 15.3. The van der Waals surface area contributed by atoms with E-state index >= 15 is 0 Å². The maximum absolute atomic E-state index is 13.0. The van der Waals surface area contributed by atoms with E-state index in [0.717, 1.165) is 60.1 Å². The van der Waals surface area contributed by atoms with Gasteiger partial charge in [0.05, 0.1) is 11.7 Å². The van der Waals surface area contributed by atoms with Gasteiger partial charge in [-0.15, -0.1) is 0 Å². The predicted molar refractivity (Wildman–Crippen MR) is 120 cm³/mol. The number of rotatable bonds is 2. The third-order valence-electron chi connectivity index (χ3n) is 6.44. The van der Waals surface area contributed by atoms with E-state index in [1.54, 1.807) is 0 Å². The second-order valence-corrected chi connectivity index (χ2v) is 8.51. The van der Waals surface area contributed by atoms with Gasteiger partial charge in [0.15, 0.2) is 0 Å². The molecule has 3 aromatic rings. The molecule has 0 aliphatic carbocycles. The van der Waals surface area contributed by atoms with Gasteiger partial charge in [0.1, 0.15) is 11.4 Å². The maximum Gasteiger partial charge on any atom is 0.319 e. The van der Waals surface area contributed by atoms with Crippen LogP contribution >= 0.6 is 0 Å². The summed E-state index contributed by atoms with van der Waals surface area (Å²) in [5.41, 5.74) is 1.66. The van der Waals surface area contributed by atoms with Gasteiger partial charge in [-0.05, 0) is 37.4 Å². The molecular formula is C25H27N3O2. The van der Waals surface area contributed by atoms with Crippen LogP contribution in [0.4, 0.5) is 10.5 Å². The molecule has 2 aliphatic rings. The van der Waals surface area contributed by atoms with E-state index in [2.05, 4.69) is 40.8 Å². The summed E-state index contributed by atoms with van der Waals surface area (Å²) in [6.45, 7) is 2.02. The molecule has 1 unspecified atom stereocenters. The number of piperidine rings is 1. The standard InChI is InChI=1S/C25H27N3O2/c1-28-15-13-25(14-16-28)17-22(20-10-4-5-12-23(20)30-25)27-24(29)26-21-11-6-8-18-7-2-3-9-19(18)21/h2-12,22H,13-17H2,1H3,(H2,26,27,29). The Morgan fingerprint density at radius 3 is 2.60 bits per heavy atom. The van der Waals surface area contributed by atoms with E-state index in [-0.39, 0.29) is 17.7 Å². The Balaban J connectivity index is 1.38. The summed E-state index contributed by atoms with van der Waals surface area (Å²) in [7, 11) is 2.15. The summed E-state index contributed by atoms with van der Waals surface area (Å²) in [6, 6.07) is 21.9. The van der Waals surface area contributed by atoms with Gasteiger partial charge in [0.25, 0.3) is 0 Å². The van der Waals surface area contributed by atoms with Crippen LogP contribution in [0.1, 0.15) is 30.9 Å². The maximum atomic E-state index is 13.0. The smallest absolute Gasteiger partial charge is 0.319 e. The minimum Gasteiger partial charge on any atom is -0.487 e. The third-order valence-corrected chi connectivity index (χ3v) is 6.44. The number of urea groups is 1. The number of fused-ring (bicyclic) bond motifs is 2. The van der Waals surface area contributed by atoms with Crippen LogP contribution in [0, 0.1) is 0 Å². The molecule has 5 rings (SSSR count). The molecule has 30 heavy (non-hydrogen) atoms. The Hall–Kier alpha value is -3.05. The lowest BCUT2D eigenvalue weighted by molar-refractivity contribution is -0.0188. The molecule has 3 aromatic carbocycles. The highest BCUT2D eigenvalue weighted by molar-refractivity contribution is 6.01. The monoisotopic (exact) mass is 401 g/mol. The molecule has 2 heterocycles.